The molecule has 6 heteroatoms. The Balaban J connectivity index is 4.80. The van der Waals surface area contributed by atoms with E-state index in [0.29, 0.717) is 0 Å². The fourth-order valence-electron chi connectivity index (χ4n) is 0.915. The molecule has 0 heterocycles. The summed E-state index contributed by atoms with van der Waals surface area (Å²) in [5.41, 5.74) is -0.697. The van der Waals surface area contributed by atoms with Crippen molar-refractivity contribution in [3.63, 3.8) is 0 Å². The molecule has 0 aliphatic rings. The van der Waals surface area contributed by atoms with Crippen molar-refractivity contribution in [1.82, 2.24) is 0 Å². The van der Waals surface area contributed by atoms with Crippen LogP contribution in [0.3, 0.4) is 0 Å². The largest absolute Gasteiger partial charge is 0.401 e. The first-order chi connectivity index (χ1) is 5.41. The number of hydrogen-bond donors (Lipinski definition) is 0. The second-order valence-electron chi connectivity index (χ2n) is 3.98. The molecule has 1 atom stereocenters. The van der Waals surface area contributed by atoms with Gasteiger partial charge in [0.05, 0.1) is 15.3 Å². The minimum absolute atomic E-state index is 0.697. The van der Waals surface area contributed by atoms with Crippen LogP contribution in [0.25, 0.3) is 0 Å². The lowest BCUT2D eigenvalue weighted by Gasteiger charge is -2.15. The highest BCUT2D eigenvalue weighted by molar-refractivity contribution is 7.93. The molecule has 0 fully saturated rings. The molecule has 0 aliphatic carbocycles. The minimum atomic E-state index is -4.42. The minimum Gasteiger partial charge on any atom is -0.250 e. The van der Waals surface area contributed by atoms with E-state index < -0.39 is 27.2 Å². The quantitative estimate of drug-likeness (QED) is 0.663. The molecule has 1 unspecified atom stereocenters. The first-order valence-corrected chi connectivity index (χ1v) is 5.78. The molecule has 0 spiro atoms. The maximum Gasteiger partial charge on any atom is 0.401 e. The highest BCUT2D eigenvalue weighted by Gasteiger charge is 2.32. The molecule has 80 valence electrons. The van der Waals surface area contributed by atoms with E-state index in [1.807, 2.05) is 0 Å². The third-order valence-electron chi connectivity index (χ3n) is 0.898. The van der Waals surface area contributed by atoms with Gasteiger partial charge in [-0.2, -0.15) is 13.2 Å². The molecule has 0 saturated carbocycles. The zero-order valence-corrected chi connectivity index (χ0v) is 8.92. The van der Waals surface area contributed by atoms with Crippen LogP contribution in [0.5, 0.6) is 0 Å². The standard InChI is InChI=1S/C7H14F3NOS/c1-6(2,3)11-13(4,12)5-7(8,9)10/h5H2,1-4H3. The molecule has 0 aromatic heterocycles. The topological polar surface area (TPSA) is 29.4 Å². The molecule has 0 radical (unpaired) electrons. The second kappa shape index (κ2) is 3.48. The van der Waals surface area contributed by atoms with Crippen LogP contribution in [0.2, 0.25) is 0 Å². The Hall–Kier alpha value is -0.260. The Morgan fingerprint density at radius 3 is 1.85 bits per heavy atom. The second-order valence-corrected chi connectivity index (χ2v) is 6.37. The van der Waals surface area contributed by atoms with Crippen LogP contribution in [0.1, 0.15) is 20.8 Å². The maximum atomic E-state index is 11.9. The smallest absolute Gasteiger partial charge is 0.250 e. The van der Waals surface area contributed by atoms with Crippen molar-refractivity contribution in [2.75, 3.05) is 12.0 Å². The normalized spacial score (nSPS) is 18.1. The zero-order chi connectivity index (χ0) is 10.9. The fraction of sp³-hybridized carbons (Fsp3) is 1.00. The van der Waals surface area contributed by atoms with Crippen LogP contribution in [-0.2, 0) is 9.73 Å². The molecule has 0 aromatic carbocycles. The van der Waals surface area contributed by atoms with E-state index in [2.05, 4.69) is 4.36 Å². The molecular weight excluding hydrogens is 203 g/mol. The van der Waals surface area contributed by atoms with Gasteiger partial charge in [0.1, 0.15) is 5.75 Å². The number of nitrogens with zero attached hydrogens (tertiary/aromatic N) is 1. The van der Waals surface area contributed by atoms with Crippen LogP contribution in [0.4, 0.5) is 13.2 Å². The molecule has 0 aromatic rings. The maximum absolute atomic E-state index is 11.9. The Kier molecular flexibility index (Phi) is 3.41. The van der Waals surface area contributed by atoms with Crippen molar-refractivity contribution in [1.29, 1.82) is 0 Å². The van der Waals surface area contributed by atoms with Gasteiger partial charge in [0, 0.05) is 6.26 Å². The van der Waals surface area contributed by atoms with E-state index in [4.69, 9.17) is 0 Å². The molecular formula is C7H14F3NOS. The van der Waals surface area contributed by atoms with Gasteiger partial charge in [-0.05, 0) is 20.8 Å². The van der Waals surface area contributed by atoms with Crippen molar-refractivity contribution >= 4 is 9.73 Å². The van der Waals surface area contributed by atoms with Crippen LogP contribution in [0.15, 0.2) is 4.36 Å². The summed E-state index contributed by atoms with van der Waals surface area (Å²) in [6.45, 7) is 4.85. The van der Waals surface area contributed by atoms with E-state index in [1.165, 1.54) is 0 Å². The molecule has 0 rings (SSSR count). The number of rotatable bonds is 1. The Morgan fingerprint density at radius 2 is 1.62 bits per heavy atom. The van der Waals surface area contributed by atoms with Crippen LogP contribution in [0, 0.1) is 0 Å². The lowest BCUT2D eigenvalue weighted by atomic mass is 10.1. The number of halogens is 3. The van der Waals surface area contributed by atoms with E-state index in [1.54, 1.807) is 20.8 Å². The van der Waals surface area contributed by atoms with Crippen molar-refractivity contribution in [2.45, 2.75) is 32.5 Å². The van der Waals surface area contributed by atoms with Crippen LogP contribution in [-0.4, -0.2) is 27.9 Å². The molecule has 0 amide bonds. The van der Waals surface area contributed by atoms with Gasteiger partial charge in [-0.15, -0.1) is 0 Å². The van der Waals surface area contributed by atoms with E-state index in [0.717, 1.165) is 6.26 Å². The lowest BCUT2D eigenvalue weighted by Crippen LogP contribution is -2.24. The van der Waals surface area contributed by atoms with Gasteiger partial charge in [-0.3, -0.25) is 0 Å². The van der Waals surface area contributed by atoms with E-state index in [9.17, 15) is 17.4 Å². The molecule has 2 nitrogen and oxygen atoms in total. The van der Waals surface area contributed by atoms with Gasteiger partial charge >= 0.3 is 6.18 Å². The molecule has 0 saturated heterocycles. The van der Waals surface area contributed by atoms with Gasteiger partial charge in [0.15, 0.2) is 0 Å². The Morgan fingerprint density at radius 1 is 1.23 bits per heavy atom. The number of alkyl halides is 3. The molecule has 0 bridgehead atoms. The highest BCUT2D eigenvalue weighted by Crippen LogP contribution is 2.20. The fourth-order valence-corrected chi connectivity index (χ4v) is 2.75. The van der Waals surface area contributed by atoms with Crippen molar-refractivity contribution < 1.29 is 17.4 Å². The summed E-state index contributed by atoms with van der Waals surface area (Å²) in [5, 5.41) is 0. The van der Waals surface area contributed by atoms with Crippen LogP contribution >= 0.6 is 0 Å². The lowest BCUT2D eigenvalue weighted by molar-refractivity contribution is -0.106. The predicted octanol–water partition coefficient (Wildman–Crippen LogP) is 2.45. The summed E-state index contributed by atoms with van der Waals surface area (Å²) in [6, 6.07) is 0. The summed E-state index contributed by atoms with van der Waals surface area (Å²) in [4.78, 5) is 0. The molecule has 0 aliphatic heterocycles. The van der Waals surface area contributed by atoms with Gasteiger partial charge in [0.2, 0.25) is 0 Å². The van der Waals surface area contributed by atoms with Gasteiger partial charge in [-0.1, -0.05) is 0 Å². The monoisotopic (exact) mass is 217 g/mol. The molecule has 0 N–H and O–H groups in total. The zero-order valence-electron chi connectivity index (χ0n) is 8.10. The average molecular weight is 217 g/mol. The summed E-state index contributed by atoms with van der Waals surface area (Å²) in [6.07, 6.45) is -3.38. The first-order valence-electron chi connectivity index (χ1n) is 3.69. The van der Waals surface area contributed by atoms with E-state index in [-0.39, 0.29) is 0 Å². The number of hydrogen-bond acceptors (Lipinski definition) is 2. The summed E-state index contributed by atoms with van der Waals surface area (Å²) < 4.78 is 50.6. The Labute approximate surface area is 76.7 Å². The van der Waals surface area contributed by atoms with Gasteiger partial charge < -0.3 is 0 Å². The van der Waals surface area contributed by atoms with Crippen molar-refractivity contribution in [2.24, 2.45) is 4.36 Å². The first kappa shape index (κ1) is 12.7. The van der Waals surface area contributed by atoms with E-state index >= 15 is 0 Å². The Bertz CT molecular complexity index is 281. The third kappa shape index (κ3) is 8.08. The van der Waals surface area contributed by atoms with Crippen molar-refractivity contribution in [3.05, 3.63) is 0 Å². The summed E-state index contributed by atoms with van der Waals surface area (Å²) in [7, 11) is -3.15. The summed E-state index contributed by atoms with van der Waals surface area (Å²) >= 11 is 0. The summed E-state index contributed by atoms with van der Waals surface area (Å²) in [5.74, 6) is -1.34. The van der Waals surface area contributed by atoms with Gasteiger partial charge in [0.25, 0.3) is 0 Å². The van der Waals surface area contributed by atoms with Crippen molar-refractivity contribution in [3.8, 4) is 0 Å². The predicted molar refractivity (Wildman–Crippen MR) is 47.2 cm³/mol. The third-order valence-corrected chi connectivity index (χ3v) is 2.70. The van der Waals surface area contributed by atoms with Gasteiger partial charge in [-0.25, -0.2) is 8.57 Å². The average Bonchev–Trinajstić information content (AvgIpc) is 1.43. The van der Waals surface area contributed by atoms with Crippen LogP contribution < -0.4 is 0 Å². The SMILES string of the molecule is CC(C)(C)N=S(C)(=O)CC(F)(F)F. The highest BCUT2D eigenvalue weighted by atomic mass is 32.2. The molecule has 13 heavy (non-hydrogen) atoms.